The maximum Gasteiger partial charge on any atom is 0.337 e. The predicted molar refractivity (Wildman–Crippen MR) is 65.5 cm³/mol. The Morgan fingerprint density at radius 3 is 2.72 bits per heavy atom. The Morgan fingerprint density at radius 1 is 1.39 bits per heavy atom. The first-order valence-electron chi connectivity index (χ1n) is 5.05. The molecule has 0 spiro atoms. The van der Waals surface area contributed by atoms with Crippen LogP contribution in [0, 0.1) is 11.8 Å². The van der Waals surface area contributed by atoms with Gasteiger partial charge in [0.1, 0.15) is 5.75 Å². The largest absolute Gasteiger partial charge is 0.508 e. The van der Waals surface area contributed by atoms with Crippen LogP contribution in [-0.4, -0.2) is 28.8 Å². The van der Waals surface area contributed by atoms with E-state index >= 15 is 0 Å². The summed E-state index contributed by atoms with van der Waals surface area (Å²) >= 11 is 0. The van der Waals surface area contributed by atoms with Crippen LogP contribution in [0.4, 0.5) is 10.5 Å². The number of amides is 2. The van der Waals surface area contributed by atoms with Gasteiger partial charge in [-0.1, -0.05) is 5.92 Å². The number of phenols is 1. The summed E-state index contributed by atoms with van der Waals surface area (Å²) in [5.74, 6) is 3.81. The minimum Gasteiger partial charge on any atom is -0.508 e. The zero-order valence-electron chi connectivity index (χ0n) is 9.65. The third kappa shape index (κ3) is 3.72. The summed E-state index contributed by atoms with van der Waals surface area (Å²) in [6.07, 6.45) is 0. The molecule has 0 saturated carbocycles. The molecule has 2 amide bonds. The van der Waals surface area contributed by atoms with Gasteiger partial charge in [0.05, 0.1) is 17.8 Å². The zero-order chi connectivity index (χ0) is 13.5. The summed E-state index contributed by atoms with van der Waals surface area (Å²) in [4.78, 5) is 22.3. The van der Waals surface area contributed by atoms with Crippen LogP contribution >= 0.6 is 0 Å². The SMILES string of the molecule is CC#CCNC(=O)Nc1ccc(O)cc1C(=O)O. The molecule has 6 heteroatoms. The van der Waals surface area contributed by atoms with Gasteiger partial charge in [-0.15, -0.1) is 5.92 Å². The van der Waals surface area contributed by atoms with Crippen LogP contribution in [0.3, 0.4) is 0 Å². The van der Waals surface area contributed by atoms with Crippen LogP contribution in [0.5, 0.6) is 5.75 Å². The van der Waals surface area contributed by atoms with E-state index in [1.807, 2.05) is 0 Å². The molecule has 0 saturated heterocycles. The number of hydrogen-bond acceptors (Lipinski definition) is 3. The lowest BCUT2D eigenvalue weighted by Crippen LogP contribution is -2.29. The van der Waals surface area contributed by atoms with Gasteiger partial charge in [0.25, 0.3) is 0 Å². The summed E-state index contributed by atoms with van der Waals surface area (Å²) in [5, 5.41) is 22.9. The monoisotopic (exact) mass is 248 g/mol. The molecule has 0 aliphatic carbocycles. The Hall–Kier alpha value is -2.68. The second-order valence-corrected chi connectivity index (χ2v) is 3.27. The van der Waals surface area contributed by atoms with Crippen molar-refractivity contribution in [1.29, 1.82) is 0 Å². The average molecular weight is 248 g/mol. The van der Waals surface area contributed by atoms with Gasteiger partial charge in [-0.05, 0) is 25.1 Å². The zero-order valence-corrected chi connectivity index (χ0v) is 9.65. The second kappa shape index (κ2) is 6.15. The summed E-state index contributed by atoms with van der Waals surface area (Å²) < 4.78 is 0. The highest BCUT2D eigenvalue weighted by Crippen LogP contribution is 2.21. The van der Waals surface area contributed by atoms with E-state index in [2.05, 4.69) is 22.5 Å². The molecule has 0 aliphatic heterocycles. The third-order valence-corrected chi connectivity index (χ3v) is 2.00. The fourth-order valence-electron chi connectivity index (χ4n) is 1.20. The number of urea groups is 1. The van der Waals surface area contributed by atoms with Crippen molar-refractivity contribution in [1.82, 2.24) is 5.32 Å². The topological polar surface area (TPSA) is 98.7 Å². The Balaban J connectivity index is 2.79. The maximum atomic E-state index is 11.4. The molecule has 1 rings (SSSR count). The molecule has 0 aromatic heterocycles. The van der Waals surface area contributed by atoms with Crippen molar-refractivity contribution in [2.24, 2.45) is 0 Å². The Morgan fingerprint density at radius 2 is 2.11 bits per heavy atom. The van der Waals surface area contributed by atoms with E-state index < -0.39 is 12.0 Å². The molecule has 0 atom stereocenters. The van der Waals surface area contributed by atoms with Crippen LogP contribution in [0.2, 0.25) is 0 Å². The first-order chi connectivity index (χ1) is 8.54. The molecule has 0 aliphatic rings. The highest BCUT2D eigenvalue weighted by Gasteiger charge is 2.12. The average Bonchev–Trinajstić information content (AvgIpc) is 2.31. The van der Waals surface area contributed by atoms with Gasteiger partial charge in [-0.2, -0.15) is 0 Å². The number of aromatic hydroxyl groups is 1. The standard InChI is InChI=1S/C12H12N2O4/c1-2-3-6-13-12(18)14-10-5-4-8(15)7-9(10)11(16)17/h4-5,7,15H,6H2,1H3,(H,16,17)(H2,13,14,18). The van der Waals surface area contributed by atoms with Crippen LogP contribution < -0.4 is 10.6 Å². The van der Waals surface area contributed by atoms with Crippen molar-refractivity contribution < 1.29 is 19.8 Å². The number of hydrogen-bond donors (Lipinski definition) is 4. The molecular weight excluding hydrogens is 236 g/mol. The highest BCUT2D eigenvalue weighted by atomic mass is 16.4. The molecular formula is C12H12N2O4. The van der Waals surface area contributed by atoms with Gasteiger partial charge >= 0.3 is 12.0 Å². The molecule has 1 aromatic carbocycles. The van der Waals surface area contributed by atoms with E-state index in [4.69, 9.17) is 5.11 Å². The van der Waals surface area contributed by atoms with Gasteiger partial charge < -0.3 is 20.8 Å². The molecule has 1 aromatic rings. The van der Waals surface area contributed by atoms with Crippen molar-refractivity contribution in [3.8, 4) is 17.6 Å². The Bertz CT molecular complexity index is 529. The van der Waals surface area contributed by atoms with Gasteiger partial charge in [0, 0.05) is 0 Å². The lowest BCUT2D eigenvalue weighted by molar-refractivity contribution is 0.0697. The summed E-state index contributed by atoms with van der Waals surface area (Å²) in [5.41, 5.74) is -0.0889. The van der Waals surface area contributed by atoms with Crippen LogP contribution in [-0.2, 0) is 0 Å². The first kappa shape index (κ1) is 13.4. The molecule has 0 unspecified atom stereocenters. The molecule has 0 bridgehead atoms. The number of carbonyl (C=O) groups excluding carboxylic acids is 1. The number of anilines is 1. The molecule has 0 radical (unpaired) electrons. The smallest absolute Gasteiger partial charge is 0.337 e. The molecule has 94 valence electrons. The van der Waals surface area contributed by atoms with Crippen LogP contribution in [0.25, 0.3) is 0 Å². The molecule has 4 N–H and O–H groups in total. The summed E-state index contributed by atoms with van der Waals surface area (Å²) in [7, 11) is 0. The van der Waals surface area contributed by atoms with E-state index in [1.165, 1.54) is 12.1 Å². The minimum absolute atomic E-state index is 0.0993. The quantitative estimate of drug-likeness (QED) is 0.477. The third-order valence-electron chi connectivity index (χ3n) is 2.00. The predicted octanol–water partition coefficient (Wildman–Crippen LogP) is 1.24. The normalized spacial score (nSPS) is 8.94. The molecule has 0 heterocycles. The van der Waals surface area contributed by atoms with Crippen molar-refractivity contribution in [3.05, 3.63) is 23.8 Å². The van der Waals surface area contributed by atoms with Gasteiger partial charge in [-0.25, -0.2) is 9.59 Å². The summed E-state index contributed by atoms with van der Waals surface area (Å²) in [6.45, 7) is 1.81. The number of carboxylic acids is 1. The van der Waals surface area contributed by atoms with E-state index in [0.717, 1.165) is 6.07 Å². The number of phenolic OH excluding ortho intramolecular Hbond substituents is 1. The summed E-state index contributed by atoms with van der Waals surface area (Å²) in [6, 6.07) is 3.09. The number of benzene rings is 1. The maximum absolute atomic E-state index is 11.4. The van der Waals surface area contributed by atoms with Crippen LogP contribution in [0.15, 0.2) is 18.2 Å². The van der Waals surface area contributed by atoms with E-state index in [9.17, 15) is 14.7 Å². The van der Waals surface area contributed by atoms with Crippen molar-refractivity contribution in [2.75, 3.05) is 11.9 Å². The fourth-order valence-corrected chi connectivity index (χ4v) is 1.20. The number of aromatic carboxylic acids is 1. The second-order valence-electron chi connectivity index (χ2n) is 3.27. The lowest BCUT2D eigenvalue weighted by Gasteiger charge is -2.08. The van der Waals surface area contributed by atoms with E-state index in [0.29, 0.717) is 0 Å². The number of carbonyl (C=O) groups is 2. The van der Waals surface area contributed by atoms with Crippen molar-refractivity contribution in [2.45, 2.75) is 6.92 Å². The Kier molecular flexibility index (Phi) is 4.58. The highest BCUT2D eigenvalue weighted by molar-refractivity contribution is 6.00. The molecule has 18 heavy (non-hydrogen) atoms. The van der Waals surface area contributed by atoms with Crippen LogP contribution in [0.1, 0.15) is 17.3 Å². The fraction of sp³-hybridized carbons (Fsp3) is 0.167. The lowest BCUT2D eigenvalue weighted by atomic mass is 10.1. The number of carboxylic acid groups (broad SMARTS) is 1. The number of nitrogens with one attached hydrogen (secondary N) is 2. The van der Waals surface area contributed by atoms with E-state index in [-0.39, 0.29) is 23.5 Å². The van der Waals surface area contributed by atoms with Crippen molar-refractivity contribution >= 4 is 17.7 Å². The van der Waals surface area contributed by atoms with Gasteiger partial charge in [0.15, 0.2) is 0 Å². The van der Waals surface area contributed by atoms with Gasteiger partial charge in [0.2, 0.25) is 0 Å². The number of rotatable bonds is 3. The molecule has 6 nitrogen and oxygen atoms in total. The Labute approximate surface area is 104 Å². The van der Waals surface area contributed by atoms with Gasteiger partial charge in [-0.3, -0.25) is 0 Å². The molecule has 0 fully saturated rings. The van der Waals surface area contributed by atoms with E-state index in [1.54, 1.807) is 6.92 Å². The first-order valence-corrected chi connectivity index (χ1v) is 5.05. The minimum atomic E-state index is -1.24. The van der Waals surface area contributed by atoms with Crippen molar-refractivity contribution in [3.63, 3.8) is 0 Å².